The van der Waals surface area contributed by atoms with Gasteiger partial charge in [0.2, 0.25) is 5.91 Å². The number of anilines is 1. The van der Waals surface area contributed by atoms with E-state index in [9.17, 15) is 14.4 Å². The maximum atomic E-state index is 13.1. The lowest BCUT2D eigenvalue weighted by molar-refractivity contribution is 0.0995. The van der Waals surface area contributed by atoms with Crippen LogP contribution in [0.1, 0.15) is 33.6 Å². The van der Waals surface area contributed by atoms with Gasteiger partial charge in [-0.1, -0.05) is 18.2 Å². The molecule has 2 amide bonds. The number of rotatable bonds is 6. The number of carbonyl (C=O) groups excluding carboxylic acids is 2. The number of aryl methyl sites for hydroxylation is 3. The predicted molar refractivity (Wildman–Crippen MR) is 134 cm³/mol. The quantitative estimate of drug-likeness (QED) is 0.382. The summed E-state index contributed by atoms with van der Waals surface area (Å²) in [4.78, 5) is 41.3. The van der Waals surface area contributed by atoms with E-state index in [1.807, 2.05) is 42.0 Å². The zero-order chi connectivity index (χ0) is 25.6. The van der Waals surface area contributed by atoms with Crippen molar-refractivity contribution in [1.29, 1.82) is 0 Å². The van der Waals surface area contributed by atoms with Crippen molar-refractivity contribution in [2.75, 3.05) is 5.32 Å². The van der Waals surface area contributed by atoms with Gasteiger partial charge in [0.25, 0.3) is 5.91 Å². The fourth-order valence-corrected chi connectivity index (χ4v) is 4.35. The van der Waals surface area contributed by atoms with Gasteiger partial charge in [0.05, 0.1) is 11.4 Å². The second-order valence-corrected chi connectivity index (χ2v) is 8.32. The van der Waals surface area contributed by atoms with Gasteiger partial charge in [0, 0.05) is 31.0 Å². The van der Waals surface area contributed by atoms with E-state index in [2.05, 4.69) is 15.4 Å². The minimum atomic E-state index is -0.574. The minimum absolute atomic E-state index is 0.213. The van der Waals surface area contributed by atoms with E-state index in [0.29, 0.717) is 29.3 Å². The van der Waals surface area contributed by atoms with E-state index >= 15 is 0 Å². The summed E-state index contributed by atoms with van der Waals surface area (Å²) < 4.78 is 6.65. The number of hydrogen-bond donors (Lipinski definition) is 2. The van der Waals surface area contributed by atoms with E-state index in [-0.39, 0.29) is 11.4 Å². The highest BCUT2D eigenvalue weighted by Gasteiger charge is 2.21. The molecule has 11 nitrogen and oxygen atoms in total. The Bertz CT molecular complexity index is 1680. The summed E-state index contributed by atoms with van der Waals surface area (Å²) in [5.41, 5.74) is 9.29. The third-order valence-electron chi connectivity index (χ3n) is 6.02. The van der Waals surface area contributed by atoms with Crippen molar-refractivity contribution in [3.63, 3.8) is 0 Å². The molecule has 0 aliphatic heterocycles. The van der Waals surface area contributed by atoms with Crippen LogP contribution in [0.4, 0.5) is 5.69 Å². The number of fused-ring (bicyclic) bond motifs is 1. The number of primary amides is 1. The normalized spacial score (nSPS) is 11.2. The molecule has 3 heterocycles. The zero-order valence-electron chi connectivity index (χ0n) is 20.0. The van der Waals surface area contributed by atoms with Crippen LogP contribution in [-0.2, 0) is 13.6 Å². The number of nitrogens with two attached hydrogens (primary N) is 1. The first-order valence-electron chi connectivity index (χ1n) is 11.3. The molecule has 182 valence electrons. The smallest absolute Gasteiger partial charge is 0.350 e. The molecule has 0 spiro atoms. The average Bonchev–Trinajstić information content (AvgIpc) is 3.51. The number of hydrogen-bond acceptors (Lipinski definition) is 5. The summed E-state index contributed by atoms with van der Waals surface area (Å²) >= 11 is 0. The monoisotopic (exact) mass is 484 g/mol. The highest BCUT2D eigenvalue weighted by Crippen LogP contribution is 2.26. The topological polar surface area (TPSA) is 134 Å². The van der Waals surface area contributed by atoms with Crippen LogP contribution in [0.15, 0.2) is 65.8 Å². The number of imidazole rings is 2. The molecule has 0 fully saturated rings. The first-order chi connectivity index (χ1) is 17.3. The van der Waals surface area contributed by atoms with Crippen molar-refractivity contribution in [2.24, 2.45) is 12.8 Å². The molecule has 3 N–H and O–H groups in total. The number of nitrogens with zero attached hydrogens (tertiary/aromatic N) is 6. The Hall–Kier alpha value is -4.93. The molecular weight excluding hydrogens is 460 g/mol. The molecule has 11 heteroatoms. The molecule has 0 radical (unpaired) electrons. The Morgan fingerprint density at radius 1 is 1.11 bits per heavy atom. The van der Waals surface area contributed by atoms with E-state index in [1.54, 1.807) is 47.5 Å². The molecule has 0 saturated carbocycles. The highest BCUT2D eigenvalue weighted by molar-refractivity contribution is 6.07. The maximum absolute atomic E-state index is 13.1. The average molecular weight is 485 g/mol. The number of amides is 2. The molecule has 0 unspecified atom stereocenters. The van der Waals surface area contributed by atoms with Gasteiger partial charge in [-0.2, -0.15) is 5.10 Å². The van der Waals surface area contributed by atoms with Crippen molar-refractivity contribution < 1.29 is 9.59 Å². The van der Waals surface area contributed by atoms with E-state index < -0.39 is 11.8 Å². The van der Waals surface area contributed by atoms with Gasteiger partial charge in [-0.05, 0) is 49.7 Å². The fraction of sp³-hybridized carbons (Fsp3) is 0.160. The Balaban J connectivity index is 1.50. The summed E-state index contributed by atoms with van der Waals surface area (Å²) in [6.45, 7) is 4.37. The Kier molecular flexibility index (Phi) is 5.51. The summed E-state index contributed by atoms with van der Waals surface area (Å²) in [6.07, 6.45) is 3.50. The second-order valence-electron chi connectivity index (χ2n) is 8.32. The third kappa shape index (κ3) is 3.76. The Labute approximate surface area is 205 Å². The lowest BCUT2D eigenvalue weighted by atomic mass is 10.1. The van der Waals surface area contributed by atoms with Crippen molar-refractivity contribution in [3.8, 4) is 16.9 Å². The molecule has 5 rings (SSSR count). The van der Waals surface area contributed by atoms with Crippen LogP contribution < -0.4 is 16.7 Å². The van der Waals surface area contributed by atoms with Gasteiger partial charge < -0.3 is 15.6 Å². The first kappa shape index (κ1) is 22.8. The third-order valence-corrected chi connectivity index (χ3v) is 6.02. The second kappa shape index (κ2) is 8.69. The summed E-state index contributed by atoms with van der Waals surface area (Å²) in [5.74, 6) is -0.376. The van der Waals surface area contributed by atoms with Gasteiger partial charge in [-0.25, -0.2) is 19.0 Å². The summed E-state index contributed by atoms with van der Waals surface area (Å²) in [7, 11) is 1.62. The molecule has 3 aromatic heterocycles. The lowest BCUT2D eigenvalue weighted by Gasteiger charge is -2.10. The number of aromatic nitrogens is 6. The van der Waals surface area contributed by atoms with E-state index in [4.69, 9.17) is 5.73 Å². The molecule has 36 heavy (non-hydrogen) atoms. The molecule has 2 aromatic carbocycles. The van der Waals surface area contributed by atoms with Crippen LogP contribution in [-0.4, -0.2) is 40.1 Å². The van der Waals surface area contributed by atoms with Crippen LogP contribution >= 0.6 is 0 Å². The minimum Gasteiger partial charge on any atom is -0.366 e. The molecule has 0 saturated heterocycles. The maximum Gasteiger partial charge on any atom is 0.350 e. The molecule has 5 aromatic rings. The predicted octanol–water partition coefficient (Wildman–Crippen LogP) is 2.37. The Morgan fingerprint density at radius 2 is 1.86 bits per heavy atom. The highest BCUT2D eigenvalue weighted by atomic mass is 16.2. The van der Waals surface area contributed by atoms with Gasteiger partial charge in [-0.3, -0.25) is 14.0 Å². The van der Waals surface area contributed by atoms with Crippen molar-refractivity contribution in [3.05, 3.63) is 88.6 Å². The van der Waals surface area contributed by atoms with E-state index in [1.165, 1.54) is 10.7 Å². The standard InChI is InChI=1S/C25H24N8O3/c1-4-32-20(16-8-10-19(11-9-16)33-15(2)29-30(3)25(33)36)13-31-14-27-21(24(31)32)23(35)28-18-7-5-6-17(12-18)22(26)34/h5-14H,4H2,1-3H3,(H2,26,34)(H,28,35). The number of benzene rings is 2. The molecular formula is C25H24N8O3. The lowest BCUT2D eigenvalue weighted by Crippen LogP contribution is -2.21. The van der Waals surface area contributed by atoms with Gasteiger partial charge in [-0.15, -0.1) is 0 Å². The molecule has 0 bridgehead atoms. The van der Waals surface area contributed by atoms with Crippen LogP contribution in [0, 0.1) is 6.92 Å². The van der Waals surface area contributed by atoms with Gasteiger partial charge >= 0.3 is 5.69 Å². The van der Waals surface area contributed by atoms with Gasteiger partial charge in [0.15, 0.2) is 11.3 Å². The van der Waals surface area contributed by atoms with Crippen LogP contribution in [0.3, 0.4) is 0 Å². The first-order valence-corrected chi connectivity index (χ1v) is 11.3. The van der Waals surface area contributed by atoms with Crippen molar-refractivity contribution in [1.82, 2.24) is 28.3 Å². The largest absolute Gasteiger partial charge is 0.366 e. The number of carbonyl (C=O) groups is 2. The SMILES string of the molecule is CCn1c(-c2ccc(-n3c(C)nn(C)c3=O)cc2)cn2cnc(C(=O)Nc3cccc(C(N)=O)c3)c12. The van der Waals surface area contributed by atoms with Gasteiger partial charge in [0.1, 0.15) is 12.2 Å². The summed E-state index contributed by atoms with van der Waals surface area (Å²) in [6, 6.07) is 14.0. The van der Waals surface area contributed by atoms with Crippen LogP contribution in [0.5, 0.6) is 0 Å². The van der Waals surface area contributed by atoms with Crippen molar-refractivity contribution in [2.45, 2.75) is 20.4 Å². The Morgan fingerprint density at radius 3 is 2.50 bits per heavy atom. The zero-order valence-corrected chi connectivity index (χ0v) is 20.0. The molecule has 0 atom stereocenters. The van der Waals surface area contributed by atoms with Crippen molar-refractivity contribution >= 4 is 23.1 Å². The van der Waals surface area contributed by atoms with Crippen LogP contribution in [0.2, 0.25) is 0 Å². The molecule has 0 aliphatic carbocycles. The fourth-order valence-electron chi connectivity index (χ4n) is 4.35. The van der Waals surface area contributed by atoms with Crippen LogP contribution in [0.25, 0.3) is 22.6 Å². The number of nitrogens with one attached hydrogen (secondary N) is 1. The summed E-state index contributed by atoms with van der Waals surface area (Å²) in [5, 5.41) is 6.97. The van der Waals surface area contributed by atoms with E-state index in [0.717, 1.165) is 16.9 Å². The molecule has 0 aliphatic rings.